The van der Waals surface area contributed by atoms with E-state index in [4.69, 9.17) is 9.47 Å². The average Bonchev–Trinajstić information content (AvgIpc) is 2.73. The molecule has 0 saturated carbocycles. The van der Waals surface area contributed by atoms with Gasteiger partial charge in [0.05, 0.1) is 14.2 Å². The third kappa shape index (κ3) is 4.52. The van der Waals surface area contributed by atoms with Crippen LogP contribution in [0.2, 0.25) is 0 Å². The number of methoxy groups -OCH3 is 2. The van der Waals surface area contributed by atoms with E-state index in [0.29, 0.717) is 43.2 Å². The van der Waals surface area contributed by atoms with E-state index in [1.165, 1.54) is 7.11 Å². The first-order chi connectivity index (χ1) is 13.1. The van der Waals surface area contributed by atoms with Crippen LogP contribution in [0, 0.1) is 5.92 Å². The van der Waals surface area contributed by atoms with Gasteiger partial charge in [-0.2, -0.15) is 0 Å². The molecule has 8 heteroatoms. The normalized spacial score (nSPS) is 14.5. The number of carbonyl (C=O) groups excluding carboxylic acids is 2. The van der Waals surface area contributed by atoms with Crippen molar-refractivity contribution in [3.05, 3.63) is 42.1 Å². The predicted molar refractivity (Wildman–Crippen MR) is 98.8 cm³/mol. The van der Waals surface area contributed by atoms with E-state index in [9.17, 15) is 9.59 Å². The number of nitrogens with zero attached hydrogens (tertiary/aromatic N) is 3. The summed E-state index contributed by atoms with van der Waals surface area (Å²) in [6.07, 6.45) is 1.20. The number of nitrogens with one attached hydrogen (secondary N) is 1. The van der Waals surface area contributed by atoms with E-state index in [-0.39, 0.29) is 23.4 Å². The number of carbonyl (C=O) groups is 2. The minimum atomic E-state index is -0.184. The fourth-order valence-corrected chi connectivity index (χ4v) is 2.99. The molecular weight excluding hydrogens is 348 g/mol. The standard InChI is InChI=1S/C19H22N4O4/c1-26-15-5-3-4-14(12-15)20-18(24)13-8-10-23(11-9-13)19(25)16-6-7-17(27-2)22-21-16/h3-7,12-13H,8-11H2,1-2H3,(H,20,24). The molecule has 0 radical (unpaired) electrons. The van der Waals surface area contributed by atoms with Crippen LogP contribution in [-0.4, -0.2) is 54.2 Å². The van der Waals surface area contributed by atoms with Gasteiger partial charge in [0.15, 0.2) is 5.69 Å². The molecule has 1 aliphatic heterocycles. The maximum absolute atomic E-state index is 12.5. The zero-order valence-electron chi connectivity index (χ0n) is 15.3. The zero-order valence-corrected chi connectivity index (χ0v) is 15.3. The van der Waals surface area contributed by atoms with Crippen LogP contribution in [0.3, 0.4) is 0 Å². The molecule has 27 heavy (non-hydrogen) atoms. The Bertz CT molecular complexity index is 802. The first-order valence-corrected chi connectivity index (χ1v) is 8.72. The molecule has 0 spiro atoms. The van der Waals surface area contributed by atoms with Crippen LogP contribution < -0.4 is 14.8 Å². The molecule has 0 unspecified atom stereocenters. The third-order valence-electron chi connectivity index (χ3n) is 4.56. The highest BCUT2D eigenvalue weighted by Gasteiger charge is 2.28. The molecule has 0 bridgehead atoms. The van der Waals surface area contributed by atoms with E-state index in [0.717, 1.165) is 0 Å². The van der Waals surface area contributed by atoms with Gasteiger partial charge < -0.3 is 19.7 Å². The van der Waals surface area contributed by atoms with Gasteiger partial charge >= 0.3 is 0 Å². The van der Waals surface area contributed by atoms with Crippen LogP contribution in [0.5, 0.6) is 11.6 Å². The van der Waals surface area contributed by atoms with Crippen molar-refractivity contribution in [1.29, 1.82) is 0 Å². The van der Waals surface area contributed by atoms with Crippen molar-refractivity contribution in [3.63, 3.8) is 0 Å². The Hall–Kier alpha value is -3.16. The Balaban J connectivity index is 1.54. The summed E-state index contributed by atoms with van der Waals surface area (Å²) in [6.45, 7) is 1.01. The van der Waals surface area contributed by atoms with E-state index >= 15 is 0 Å². The van der Waals surface area contributed by atoms with Crippen molar-refractivity contribution in [2.75, 3.05) is 32.6 Å². The number of amides is 2. The number of hydrogen-bond donors (Lipinski definition) is 1. The monoisotopic (exact) mass is 370 g/mol. The molecule has 1 saturated heterocycles. The Kier molecular flexibility index (Phi) is 5.85. The molecule has 2 amide bonds. The largest absolute Gasteiger partial charge is 0.497 e. The van der Waals surface area contributed by atoms with Gasteiger partial charge in [0.1, 0.15) is 5.75 Å². The Labute approximate surface area is 157 Å². The van der Waals surface area contributed by atoms with Crippen molar-refractivity contribution in [3.8, 4) is 11.6 Å². The fourth-order valence-electron chi connectivity index (χ4n) is 2.99. The van der Waals surface area contributed by atoms with Gasteiger partial charge in [-0.05, 0) is 31.0 Å². The first kappa shape index (κ1) is 18.6. The number of rotatable bonds is 5. The van der Waals surface area contributed by atoms with E-state index in [2.05, 4.69) is 15.5 Å². The molecule has 0 aliphatic carbocycles. The summed E-state index contributed by atoms with van der Waals surface area (Å²) in [5, 5.41) is 10.6. The maximum atomic E-state index is 12.5. The summed E-state index contributed by atoms with van der Waals surface area (Å²) < 4.78 is 10.1. The van der Waals surface area contributed by atoms with E-state index in [1.807, 2.05) is 18.2 Å². The summed E-state index contributed by atoms with van der Waals surface area (Å²) in [5.41, 5.74) is 0.974. The predicted octanol–water partition coefficient (Wildman–Crippen LogP) is 1.98. The Morgan fingerprint density at radius 1 is 1.07 bits per heavy atom. The summed E-state index contributed by atoms with van der Waals surface area (Å²) in [7, 11) is 3.08. The first-order valence-electron chi connectivity index (χ1n) is 8.72. The topological polar surface area (TPSA) is 93.7 Å². The van der Waals surface area contributed by atoms with Crippen molar-refractivity contribution in [2.24, 2.45) is 5.92 Å². The summed E-state index contributed by atoms with van der Waals surface area (Å²) >= 11 is 0. The molecule has 2 aromatic rings. The van der Waals surface area contributed by atoms with Gasteiger partial charge in [-0.3, -0.25) is 9.59 Å². The van der Waals surface area contributed by atoms with Gasteiger partial charge in [0, 0.05) is 36.8 Å². The van der Waals surface area contributed by atoms with Gasteiger partial charge in [-0.1, -0.05) is 6.07 Å². The zero-order chi connectivity index (χ0) is 19.2. The average molecular weight is 370 g/mol. The number of hydrogen-bond acceptors (Lipinski definition) is 6. The lowest BCUT2D eigenvalue weighted by Crippen LogP contribution is -2.41. The smallest absolute Gasteiger partial charge is 0.274 e. The van der Waals surface area contributed by atoms with E-state index in [1.54, 1.807) is 30.2 Å². The maximum Gasteiger partial charge on any atom is 0.274 e. The molecule has 1 aliphatic rings. The lowest BCUT2D eigenvalue weighted by Gasteiger charge is -2.31. The van der Waals surface area contributed by atoms with Crippen molar-refractivity contribution in [2.45, 2.75) is 12.8 Å². The number of aromatic nitrogens is 2. The van der Waals surface area contributed by atoms with Gasteiger partial charge in [0.25, 0.3) is 5.91 Å². The van der Waals surface area contributed by atoms with Gasteiger partial charge in [-0.25, -0.2) is 0 Å². The number of likely N-dealkylation sites (tertiary alicyclic amines) is 1. The van der Waals surface area contributed by atoms with Crippen LogP contribution in [0.15, 0.2) is 36.4 Å². The minimum absolute atomic E-state index is 0.0420. The SMILES string of the molecule is COc1cccc(NC(=O)C2CCN(C(=O)c3ccc(OC)nn3)CC2)c1. The Morgan fingerprint density at radius 3 is 2.48 bits per heavy atom. The summed E-state index contributed by atoms with van der Waals surface area (Å²) in [6, 6.07) is 10.4. The number of benzene rings is 1. The highest BCUT2D eigenvalue weighted by molar-refractivity contribution is 5.94. The molecule has 8 nitrogen and oxygen atoms in total. The van der Waals surface area contributed by atoms with Crippen LogP contribution in [-0.2, 0) is 4.79 Å². The Morgan fingerprint density at radius 2 is 1.85 bits per heavy atom. The van der Waals surface area contributed by atoms with Crippen molar-refractivity contribution >= 4 is 17.5 Å². The van der Waals surface area contributed by atoms with Gasteiger partial charge in [0.2, 0.25) is 11.8 Å². The van der Waals surface area contributed by atoms with E-state index < -0.39 is 0 Å². The molecular formula is C19H22N4O4. The number of piperidine rings is 1. The van der Waals surface area contributed by atoms with Gasteiger partial charge in [-0.15, -0.1) is 10.2 Å². The molecule has 2 heterocycles. The molecule has 1 N–H and O–H groups in total. The molecule has 3 rings (SSSR count). The number of anilines is 1. The molecule has 0 atom stereocenters. The highest BCUT2D eigenvalue weighted by Crippen LogP contribution is 2.22. The highest BCUT2D eigenvalue weighted by atomic mass is 16.5. The van der Waals surface area contributed by atoms with Crippen LogP contribution >= 0.6 is 0 Å². The van der Waals surface area contributed by atoms with Crippen molar-refractivity contribution in [1.82, 2.24) is 15.1 Å². The molecule has 142 valence electrons. The fraction of sp³-hybridized carbons (Fsp3) is 0.368. The molecule has 1 aromatic carbocycles. The summed E-state index contributed by atoms with van der Waals surface area (Å²) in [4.78, 5) is 26.7. The van der Waals surface area contributed by atoms with Crippen LogP contribution in [0.1, 0.15) is 23.3 Å². The van der Waals surface area contributed by atoms with Crippen LogP contribution in [0.4, 0.5) is 5.69 Å². The second-order valence-electron chi connectivity index (χ2n) is 6.25. The third-order valence-corrected chi connectivity index (χ3v) is 4.56. The molecule has 1 aromatic heterocycles. The molecule has 1 fully saturated rings. The van der Waals surface area contributed by atoms with Crippen molar-refractivity contribution < 1.29 is 19.1 Å². The summed E-state index contributed by atoms with van der Waals surface area (Å²) in [5.74, 6) is 0.687. The second-order valence-corrected chi connectivity index (χ2v) is 6.25. The quantitative estimate of drug-likeness (QED) is 0.865. The lowest BCUT2D eigenvalue weighted by molar-refractivity contribution is -0.121. The lowest BCUT2D eigenvalue weighted by atomic mass is 9.95. The number of ether oxygens (including phenoxy) is 2. The van der Waals surface area contributed by atoms with Crippen LogP contribution in [0.25, 0.3) is 0 Å². The second kappa shape index (κ2) is 8.48. The minimum Gasteiger partial charge on any atom is -0.497 e.